The van der Waals surface area contributed by atoms with E-state index in [1.54, 1.807) is 0 Å². The topological polar surface area (TPSA) is 267 Å². The van der Waals surface area contributed by atoms with Crippen molar-refractivity contribution in [3.05, 3.63) is 40.6 Å². The predicted octanol–water partition coefficient (Wildman–Crippen LogP) is 0.563. The molecule has 2 bridgehead atoms. The van der Waals surface area contributed by atoms with Crippen molar-refractivity contribution >= 4 is 63.8 Å². The Kier molecular flexibility index (Phi) is 9.55. The number of likely N-dealkylation sites (N-methyl/N-ethyl adjacent to an activating group) is 1. The van der Waals surface area contributed by atoms with Crippen LogP contribution >= 0.6 is 23.3 Å². The maximum Gasteiger partial charge on any atom is 0.352 e. The maximum atomic E-state index is 14.5. The van der Waals surface area contributed by atoms with Crippen molar-refractivity contribution in [3.63, 3.8) is 0 Å². The number of aliphatic carboxylic acids is 2. The zero-order valence-electron chi connectivity index (χ0n) is 28.0. The Morgan fingerprint density at radius 1 is 1.15 bits per heavy atom. The molecule has 0 aliphatic carbocycles. The van der Waals surface area contributed by atoms with E-state index in [9.17, 15) is 48.8 Å². The van der Waals surface area contributed by atoms with E-state index in [1.807, 2.05) is 7.05 Å². The minimum absolute atomic E-state index is 0.00474. The quantitative estimate of drug-likeness (QED) is 0.0542. The van der Waals surface area contributed by atoms with Crippen LogP contribution in [-0.4, -0.2) is 129 Å². The van der Waals surface area contributed by atoms with Gasteiger partial charge < -0.3 is 46.1 Å². The lowest BCUT2D eigenvalue weighted by molar-refractivity contribution is -0.944. The Morgan fingerprint density at radius 2 is 1.83 bits per heavy atom. The average Bonchev–Trinajstić information content (AvgIpc) is 3.54. The number of oxime groups is 1. The van der Waals surface area contributed by atoms with E-state index in [4.69, 9.17) is 10.6 Å². The number of carbonyl (C=O) groups is 5. The molecule has 8 N–H and O–H groups in total. The maximum absolute atomic E-state index is 14.5. The van der Waals surface area contributed by atoms with E-state index in [0.29, 0.717) is 29.4 Å². The Labute approximate surface area is 303 Å². The molecule has 1 aromatic carbocycles. The third kappa shape index (κ3) is 6.47. The first-order valence-corrected chi connectivity index (χ1v) is 17.9. The van der Waals surface area contributed by atoms with Gasteiger partial charge in [-0.2, -0.15) is 9.36 Å². The molecule has 0 saturated carbocycles. The summed E-state index contributed by atoms with van der Waals surface area (Å²) in [6.45, 7) is 2.75. The number of halogens is 1. The van der Waals surface area contributed by atoms with E-state index in [1.165, 1.54) is 25.6 Å². The van der Waals surface area contributed by atoms with E-state index >= 15 is 0 Å². The Morgan fingerprint density at radius 3 is 2.42 bits per heavy atom. The fraction of sp³-hybridized carbons (Fsp3) is 0.484. The molecule has 5 heterocycles. The number of nitrogen functional groups attached to an aromatic ring is 1. The summed E-state index contributed by atoms with van der Waals surface area (Å²) in [5.41, 5.74) is 3.30. The van der Waals surface area contributed by atoms with Crippen LogP contribution in [0.25, 0.3) is 0 Å². The predicted molar refractivity (Wildman–Crippen MR) is 181 cm³/mol. The van der Waals surface area contributed by atoms with E-state index < -0.39 is 75.3 Å². The van der Waals surface area contributed by atoms with Gasteiger partial charge in [-0.1, -0.05) is 5.16 Å². The molecule has 3 amide bonds. The van der Waals surface area contributed by atoms with Crippen LogP contribution in [-0.2, 0) is 24.0 Å². The average molecular weight is 764 g/mol. The monoisotopic (exact) mass is 763 g/mol. The summed E-state index contributed by atoms with van der Waals surface area (Å²) >= 11 is 2.04. The van der Waals surface area contributed by atoms with Crippen LogP contribution in [0.4, 0.5) is 9.52 Å². The number of piperidine rings is 1. The van der Waals surface area contributed by atoms with Crippen LogP contribution in [0, 0.1) is 5.82 Å². The van der Waals surface area contributed by atoms with Crippen LogP contribution in [0.3, 0.4) is 0 Å². The number of thioether (sulfide) groups is 1. The van der Waals surface area contributed by atoms with Crippen molar-refractivity contribution in [2.75, 3.05) is 25.1 Å². The molecule has 3 fully saturated rings. The molecule has 18 nitrogen and oxygen atoms in total. The number of rotatable bonds is 11. The summed E-state index contributed by atoms with van der Waals surface area (Å²) in [5.74, 6) is -7.92. The number of fused-ring (bicyclic) bond motifs is 3. The molecule has 3 saturated heterocycles. The number of phenols is 2. The summed E-state index contributed by atoms with van der Waals surface area (Å²) in [6, 6.07) is 0.709. The normalized spacial score (nSPS) is 27.1. The molecule has 1 unspecified atom stereocenters. The molecule has 6 rings (SSSR count). The number of carbonyl (C=O) groups excluding carboxylic acids is 3. The summed E-state index contributed by atoms with van der Waals surface area (Å²) in [6.07, 6.45) is 2.68. The molecule has 0 spiro atoms. The number of nitrogens with two attached hydrogens (primary N) is 1. The van der Waals surface area contributed by atoms with Crippen LogP contribution in [0.15, 0.2) is 28.6 Å². The van der Waals surface area contributed by atoms with Crippen LogP contribution in [0.1, 0.15) is 55.7 Å². The standard InChI is InChI=1S/C31H35FN8O10S2/c1-31(2,29(48)49)50-37-19(23-36-30(33)52-38-23)25(44)35-20-26(45)39-21(28(46)47)12(11-51-27(20)39)10-40(3)14-4-5-15(40)9-13(8-14)34-24(43)16-6-7-17(41)22(42)18(16)32/h6-7,13-15,20,27H,4-5,8-11H2,1-3H3,(H7-,33,34,35,36,37,38,41,42,43,44,46,47,48,49)/p+1/t13-,14+,15-,20-,27-,40?/m1/s1. The number of carboxylic acid groups (broad SMARTS) is 2. The summed E-state index contributed by atoms with van der Waals surface area (Å²) in [4.78, 5) is 74.2. The number of benzene rings is 1. The number of aromatic nitrogens is 2. The zero-order chi connectivity index (χ0) is 37.9. The van der Waals surface area contributed by atoms with Gasteiger partial charge in [0.25, 0.3) is 17.7 Å². The van der Waals surface area contributed by atoms with E-state index in [-0.39, 0.29) is 40.5 Å². The highest BCUT2D eigenvalue weighted by atomic mass is 32.2. The lowest BCUT2D eigenvalue weighted by atomic mass is 9.92. The van der Waals surface area contributed by atoms with Crippen LogP contribution < -0.4 is 16.4 Å². The largest absolute Gasteiger partial charge is 0.504 e. The number of aromatic hydroxyl groups is 2. The van der Waals surface area contributed by atoms with E-state index in [0.717, 1.165) is 41.4 Å². The first kappa shape index (κ1) is 36.8. The second-order valence-corrected chi connectivity index (χ2v) is 15.6. The van der Waals surface area contributed by atoms with Gasteiger partial charge >= 0.3 is 11.9 Å². The molecule has 1 aromatic heterocycles. The van der Waals surface area contributed by atoms with Gasteiger partial charge in [-0.25, -0.2) is 14.0 Å². The minimum Gasteiger partial charge on any atom is -0.504 e. The summed E-state index contributed by atoms with van der Waals surface area (Å²) in [7, 11) is 2.02. The molecular weight excluding hydrogens is 728 g/mol. The molecule has 278 valence electrons. The highest BCUT2D eigenvalue weighted by molar-refractivity contribution is 8.00. The Hall–Kier alpha value is -5.02. The Bertz CT molecular complexity index is 1920. The fourth-order valence-corrected chi connectivity index (χ4v) is 9.02. The lowest BCUT2D eigenvalue weighted by Gasteiger charge is -2.52. The van der Waals surface area contributed by atoms with Gasteiger partial charge in [0.2, 0.25) is 17.1 Å². The number of anilines is 1. The van der Waals surface area contributed by atoms with Crippen molar-refractivity contribution in [1.29, 1.82) is 0 Å². The molecule has 21 heteroatoms. The number of nitrogens with one attached hydrogen (secondary N) is 2. The smallest absolute Gasteiger partial charge is 0.352 e. The van der Waals surface area contributed by atoms with Crippen LogP contribution in [0.5, 0.6) is 11.5 Å². The van der Waals surface area contributed by atoms with Crippen LogP contribution in [0.2, 0.25) is 0 Å². The number of phenolic OH excluding ortho intramolecular Hbond substituents is 2. The van der Waals surface area contributed by atoms with Gasteiger partial charge in [-0.3, -0.25) is 19.3 Å². The number of amides is 3. The van der Waals surface area contributed by atoms with Gasteiger partial charge in [0.1, 0.15) is 23.7 Å². The molecule has 4 aliphatic heterocycles. The third-order valence-corrected chi connectivity index (χ3v) is 12.0. The van der Waals surface area contributed by atoms with Gasteiger partial charge in [0.15, 0.2) is 22.4 Å². The highest BCUT2D eigenvalue weighted by Crippen LogP contribution is 2.46. The number of quaternary nitrogens is 1. The first-order chi connectivity index (χ1) is 24.4. The van der Waals surface area contributed by atoms with Crippen molar-refractivity contribution in [1.82, 2.24) is 24.9 Å². The zero-order valence-corrected chi connectivity index (χ0v) is 29.7. The second-order valence-electron chi connectivity index (χ2n) is 13.7. The molecule has 6 atom stereocenters. The third-order valence-electron chi connectivity index (χ3n) is 10.1. The Balaban J connectivity index is 1.16. The number of carboxylic acids is 2. The summed E-state index contributed by atoms with van der Waals surface area (Å²) < 4.78 is 18.9. The number of hydrogen-bond acceptors (Lipinski definition) is 14. The number of hydrogen-bond donors (Lipinski definition) is 7. The van der Waals surface area contributed by atoms with Gasteiger partial charge in [-0.05, 0) is 26.0 Å². The number of nitrogens with zero attached hydrogens (tertiary/aromatic N) is 5. The molecule has 4 aliphatic rings. The number of β-lactam (4-membered cyclic amide) rings is 1. The lowest BCUT2D eigenvalue weighted by Crippen LogP contribution is -2.71. The molecule has 52 heavy (non-hydrogen) atoms. The highest BCUT2D eigenvalue weighted by Gasteiger charge is 2.57. The van der Waals surface area contributed by atoms with E-state index in [2.05, 4.69) is 25.1 Å². The van der Waals surface area contributed by atoms with Crippen molar-refractivity contribution in [2.45, 2.75) is 74.7 Å². The molecular formula is C31H36FN8O10S2+. The van der Waals surface area contributed by atoms with Gasteiger partial charge in [-0.15, -0.1) is 11.8 Å². The fourth-order valence-electron chi connectivity index (χ4n) is 7.25. The van der Waals surface area contributed by atoms with Crippen molar-refractivity contribution in [2.24, 2.45) is 5.16 Å². The summed E-state index contributed by atoms with van der Waals surface area (Å²) in [5, 5.41) is 47.3. The van der Waals surface area contributed by atoms with Crippen molar-refractivity contribution in [3.8, 4) is 11.5 Å². The first-order valence-electron chi connectivity index (χ1n) is 16.1. The SMILES string of the molecule is CC(C)(O/N=C(\C(=O)N[C@@H]1C(=O)N2C(C(=O)O)=C(C[N+]3(C)[C@@H]4CC[C@H]3C[C@@H](NC(=O)c3ccc(O)c(O)c3F)C4)CS[C@H]12)c1nsc(N)n1)C(=O)O. The van der Waals surface area contributed by atoms with Gasteiger partial charge in [0, 0.05) is 54.6 Å². The molecule has 0 radical (unpaired) electrons. The van der Waals surface area contributed by atoms with Crippen molar-refractivity contribution < 1.29 is 58.1 Å². The second kappa shape index (κ2) is 13.5. The minimum atomic E-state index is -1.83. The molecule has 2 aromatic rings. The van der Waals surface area contributed by atoms with Gasteiger partial charge in [0.05, 0.1) is 24.7 Å².